The molecule has 1 fully saturated rings. The van der Waals surface area contributed by atoms with Gasteiger partial charge >= 0.3 is 0 Å². The summed E-state index contributed by atoms with van der Waals surface area (Å²) in [5.41, 5.74) is 2.37. The smallest absolute Gasteiger partial charge is 0.191 e. The molecule has 1 unspecified atom stereocenters. The van der Waals surface area contributed by atoms with E-state index in [0.29, 0.717) is 12.6 Å². The first-order chi connectivity index (χ1) is 12.7. The van der Waals surface area contributed by atoms with Crippen molar-refractivity contribution < 1.29 is 4.74 Å². The molecule has 0 saturated carbocycles. The van der Waals surface area contributed by atoms with Crippen molar-refractivity contribution in [3.8, 4) is 5.75 Å². The maximum absolute atomic E-state index is 5.41. The number of benzene rings is 2. The maximum Gasteiger partial charge on any atom is 0.191 e. The molecule has 3 rings (SSSR count). The topological polar surface area (TPSA) is 48.9 Å². The Labute approximate surface area is 186 Å². The molecule has 2 aromatic rings. The van der Waals surface area contributed by atoms with Crippen LogP contribution >= 0.6 is 39.9 Å². The van der Waals surface area contributed by atoms with Crippen LogP contribution in [0.25, 0.3) is 0 Å². The molecule has 5 nitrogen and oxygen atoms in total. The molecule has 2 aromatic carbocycles. The molecule has 1 aliphatic rings. The number of rotatable bonds is 5. The average molecular weight is 545 g/mol. The van der Waals surface area contributed by atoms with Crippen molar-refractivity contribution in [2.45, 2.75) is 19.0 Å². The highest BCUT2D eigenvalue weighted by Crippen LogP contribution is 2.22. The Kier molecular flexibility index (Phi) is 8.69. The van der Waals surface area contributed by atoms with Crippen LogP contribution in [0.3, 0.4) is 0 Å². The first-order valence-corrected chi connectivity index (χ1v) is 9.58. The average Bonchev–Trinajstić information content (AvgIpc) is 3.14. The predicted octanol–water partition coefficient (Wildman–Crippen LogP) is 4.02. The van der Waals surface area contributed by atoms with Crippen molar-refractivity contribution >= 4 is 51.6 Å². The fourth-order valence-electron chi connectivity index (χ4n) is 3.18. The second-order valence-electron chi connectivity index (χ2n) is 6.29. The van der Waals surface area contributed by atoms with Gasteiger partial charge in [0.05, 0.1) is 7.11 Å². The quantitative estimate of drug-likeness (QED) is 0.339. The molecule has 0 aromatic heterocycles. The van der Waals surface area contributed by atoms with Crippen LogP contribution in [0, 0.1) is 0 Å². The van der Waals surface area contributed by atoms with Gasteiger partial charge in [0.1, 0.15) is 5.75 Å². The number of halogens is 2. The van der Waals surface area contributed by atoms with E-state index in [1.165, 1.54) is 5.69 Å². The van der Waals surface area contributed by atoms with Crippen LogP contribution in [0.1, 0.15) is 12.0 Å². The van der Waals surface area contributed by atoms with Crippen LogP contribution in [-0.4, -0.2) is 39.2 Å². The minimum Gasteiger partial charge on any atom is -0.496 e. The Balaban J connectivity index is 0.00000261. The normalized spacial score (nSPS) is 16.6. The van der Waals surface area contributed by atoms with E-state index in [9.17, 15) is 0 Å². The van der Waals surface area contributed by atoms with Crippen molar-refractivity contribution in [3.05, 3.63) is 58.6 Å². The Morgan fingerprint density at radius 2 is 1.96 bits per heavy atom. The number of para-hydroxylation sites is 1. The van der Waals surface area contributed by atoms with Gasteiger partial charge < -0.3 is 20.3 Å². The lowest BCUT2D eigenvalue weighted by atomic mass is 10.2. The second-order valence-corrected chi connectivity index (χ2v) is 7.21. The van der Waals surface area contributed by atoms with Crippen molar-refractivity contribution in [1.29, 1.82) is 0 Å². The van der Waals surface area contributed by atoms with Gasteiger partial charge in [0.15, 0.2) is 5.96 Å². The van der Waals surface area contributed by atoms with Crippen molar-refractivity contribution in [2.24, 2.45) is 4.99 Å². The van der Waals surface area contributed by atoms with E-state index in [1.807, 2.05) is 18.2 Å². The van der Waals surface area contributed by atoms with Gasteiger partial charge in [0.25, 0.3) is 0 Å². The number of anilines is 1. The maximum atomic E-state index is 5.41. The van der Waals surface area contributed by atoms with Gasteiger partial charge in [0.2, 0.25) is 0 Å². The van der Waals surface area contributed by atoms with Crippen molar-refractivity contribution in [2.75, 3.05) is 32.1 Å². The molecule has 1 aliphatic heterocycles. The van der Waals surface area contributed by atoms with Crippen LogP contribution in [0.2, 0.25) is 0 Å². The first kappa shape index (κ1) is 21.8. The van der Waals surface area contributed by atoms with Gasteiger partial charge in [-0.1, -0.05) is 34.1 Å². The standard InChI is InChI=1S/C20H25BrN4O.HI/c1-22-20(23-13-15-5-3-4-6-19(15)26-2)24-17-11-12-25(14-17)18-9-7-16(21)8-10-18;/h3-10,17H,11-14H2,1-2H3,(H2,22,23,24);1H. The third-order valence-electron chi connectivity index (χ3n) is 4.58. The second kappa shape index (κ2) is 10.8. The summed E-state index contributed by atoms with van der Waals surface area (Å²) in [6.45, 7) is 2.69. The van der Waals surface area contributed by atoms with E-state index < -0.39 is 0 Å². The summed E-state index contributed by atoms with van der Waals surface area (Å²) in [5.74, 6) is 1.70. The number of nitrogens with one attached hydrogen (secondary N) is 2. The molecular formula is C20H26BrIN4O. The van der Waals surface area contributed by atoms with Crippen LogP contribution in [-0.2, 0) is 6.54 Å². The number of ether oxygens (including phenoxy) is 1. The molecule has 146 valence electrons. The monoisotopic (exact) mass is 544 g/mol. The Bertz CT molecular complexity index is 754. The van der Waals surface area contributed by atoms with Crippen molar-refractivity contribution in [1.82, 2.24) is 10.6 Å². The van der Waals surface area contributed by atoms with Crippen molar-refractivity contribution in [3.63, 3.8) is 0 Å². The Morgan fingerprint density at radius 1 is 1.22 bits per heavy atom. The van der Waals surface area contributed by atoms with Gasteiger partial charge in [-0.15, -0.1) is 24.0 Å². The highest BCUT2D eigenvalue weighted by Gasteiger charge is 2.23. The van der Waals surface area contributed by atoms with Crippen LogP contribution in [0.4, 0.5) is 5.69 Å². The molecule has 0 amide bonds. The van der Waals surface area contributed by atoms with Gasteiger partial charge in [-0.2, -0.15) is 0 Å². The molecular weight excluding hydrogens is 519 g/mol. The first-order valence-electron chi connectivity index (χ1n) is 8.79. The lowest BCUT2D eigenvalue weighted by Gasteiger charge is -2.20. The van der Waals surface area contributed by atoms with E-state index >= 15 is 0 Å². The van der Waals surface area contributed by atoms with Gasteiger partial charge in [-0.05, 0) is 36.8 Å². The summed E-state index contributed by atoms with van der Waals surface area (Å²) in [4.78, 5) is 6.76. The zero-order chi connectivity index (χ0) is 18.4. The number of aliphatic imine (C=N–C) groups is 1. The SMILES string of the molecule is CN=C(NCc1ccccc1OC)NC1CCN(c2ccc(Br)cc2)C1.I. The predicted molar refractivity (Wildman–Crippen MR) is 127 cm³/mol. The Hall–Kier alpha value is -1.48. The molecule has 1 atom stereocenters. The number of hydrogen-bond donors (Lipinski definition) is 2. The summed E-state index contributed by atoms with van der Waals surface area (Å²) in [5, 5.41) is 6.92. The summed E-state index contributed by atoms with van der Waals surface area (Å²) in [6.07, 6.45) is 1.09. The highest BCUT2D eigenvalue weighted by molar-refractivity contribution is 14.0. The lowest BCUT2D eigenvalue weighted by molar-refractivity contribution is 0.409. The van der Waals surface area contributed by atoms with E-state index in [2.05, 4.69) is 66.8 Å². The third-order valence-corrected chi connectivity index (χ3v) is 5.11. The van der Waals surface area contributed by atoms with E-state index in [-0.39, 0.29) is 24.0 Å². The molecule has 0 aliphatic carbocycles. The van der Waals surface area contributed by atoms with Gasteiger partial charge in [-0.25, -0.2) is 0 Å². The molecule has 0 radical (unpaired) electrons. The Morgan fingerprint density at radius 3 is 2.67 bits per heavy atom. The third kappa shape index (κ3) is 6.00. The van der Waals surface area contributed by atoms with E-state index in [0.717, 1.165) is 41.3 Å². The largest absolute Gasteiger partial charge is 0.496 e. The number of guanidine groups is 1. The molecule has 7 heteroatoms. The summed E-state index contributed by atoms with van der Waals surface area (Å²) in [7, 11) is 3.50. The minimum atomic E-state index is 0. The number of hydrogen-bond acceptors (Lipinski definition) is 3. The highest BCUT2D eigenvalue weighted by atomic mass is 127. The van der Waals surface area contributed by atoms with Crippen LogP contribution in [0.5, 0.6) is 5.75 Å². The summed E-state index contributed by atoms with van der Waals surface area (Å²) in [6, 6.07) is 16.9. The fourth-order valence-corrected chi connectivity index (χ4v) is 3.44. The molecule has 2 N–H and O–H groups in total. The molecule has 0 spiro atoms. The zero-order valence-electron chi connectivity index (χ0n) is 15.6. The van der Waals surface area contributed by atoms with Crippen LogP contribution < -0.4 is 20.3 Å². The van der Waals surface area contributed by atoms with Gasteiger partial charge in [0, 0.05) is 48.4 Å². The lowest BCUT2D eigenvalue weighted by Crippen LogP contribution is -2.44. The van der Waals surface area contributed by atoms with E-state index in [4.69, 9.17) is 4.74 Å². The number of nitrogens with zero attached hydrogens (tertiary/aromatic N) is 2. The van der Waals surface area contributed by atoms with E-state index in [1.54, 1.807) is 14.2 Å². The summed E-state index contributed by atoms with van der Waals surface area (Å²) >= 11 is 3.49. The van der Waals surface area contributed by atoms with Gasteiger partial charge in [-0.3, -0.25) is 4.99 Å². The number of methoxy groups -OCH3 is 1. The molecule has 27 heavy (non-hydrogen) atoms. The molecule has 1 heterocycles. The fraction of sp³-hybridized carbons (Fsp3) is 0.350. The molecule has 1 saturated heterocycles. The minimum absolute atomic E-state index is 0. The molecule has 0 bridgehead atoms. The summed E-state index contributed by atoms with van der Waals surface area (Å²) < 4.78 is 6.51. The zero-order valence-corrected chi connectivity index (χ0v) is 19.5. The van der Waals surface area contributed by atoms with Crippen LogP contribution in [0.15, 0.2) is 58.0 Å².